The summed E-state index contributed by atoms with van der Waals surface area (Å²) in [7, 11) is 1.64. The fourth-order valence-corrected chi connectivity index (χ4v) is 1.41. The molecule has 0 fully saturated rings. The van der Waals surface area contributed by atoms with Crippen LogP contribution in [0.1, 0.15) is 38.4 Å². The van der Waals surface area contributed by atoms with E-state index in [2.05, 4.69) is 17.1 Å². The van der Waals surface area contributed by atoms with Gasteiger partial charge in [-0.15, -0.1) is 0 Å². The summed E-state index contributed by atoms with van der Waals surface area (Å²) in [6.07, 6.45) is 2.48. The van der Waals surface area contributed by atoms with Crippen molar-refractivity contribution >= 4 is 0 Å². The van der Waals surface area contributed by atoms with Crippen molar-refractivity contribution < 1.29 is 9.26 Å². The first-order valence-corrected chi connectivity index (χ1v) is 5.21. The third kappa shape index (κ3) is 3.28. The third-order valence-corrected chi connectivity index (χ3v) is 2.26. The summed E-state index contributed by atoms with van der Waals surface area (Å²) >= 11 is 0. The number of nitrogens with zero attached hydrogens (tertiary/aromatic N) is 2. The molecule has 0 aliphatic heterocycles. The van der Waals surface area contributed by atoms with Crippen LogP contribution < -0.4 is 5.73 Å². The molecule has 5 nitrogen and oxygen atoms in total. The molecule has 0 saturated carbocycles. The number of ether oxygens (including phenoxy) is 1. The molecule has 0 spiro atoms. The van der Waals surface area contributed by atoms with E-state index in [9.17, 15) is 0 Å². The maximum Gasteiger partial charge on any atom is 0.246 e. The Kier molecular flexibility index (Phi) is 4.23. The maximum absolute atomic E-state index is 6.06. The summed E-state index contributed by atoms with van der Waals surface area (Å²) in [4.78, 5) is 4.26. The van der Waals surface area contributed by atoms with E-state index < -0.39 is 5.54 Å². The third-order valence-electron chi connectivity index (χ3n) is 2.26. The molecule has 1 aromatic rings. The Labute approximate surface area is 90.0 Å². The topological polar surface area (TPSA) is 74.2 Å². The molecule has 5 heteroatoms. The molecule has 0 amide bonds. The predicted molar refractivity (Wildman–Crippen MR) is 56.3 cm³/mol. The molecule has 0 saturated heterocycles. The number of hydrogen-bond donors (Lipinski definition) is 1. The Morgan fingerprint density at radius 2 is 2.27 bits per heavy atom. The van der Waals surface area contributed by atoms with Crippen molar-refractivity contribution in [3.05, 3.63) is 11.7 Å². The number of hydrogen-bond acceptors (Lipinski definition) is 5. The van der Waals surface area contributed by atoms with Crippen LogP contribution in [0.2, 0.25) is 0 Å². The minimum absolute atomic E-state index is 0.510. The van der Waals surface area contributed by atoms with E-state index in [-0.39, 0.29) is 0 Å². The molecular formula is C10H19N3O2. The van der Waals surface area contributed by atoms with Crippen LogP contribution >= 0.6 is 0 Å². The molecule has 86 valence electrons. The molecule has 1 heterocycles. The lowest BCUT2D eigenvalue weighted by atomic mass is 9.98. The van der Waals surface area contributed by atoms with Crippen molar-refractivity contribution in [3.8, 4) is 0 Å². The van der Waals surface area contributed by atoms with Gasteiger partial charge in [0.2, 0.25) is 5.89 Å². The summed E-state index contributed by atoms with van der Waals surface area (Å²) in [5.74, 6) is 1.16. The summed E-state index contributed by atoms with van der Waals surface area (Å²) in [6.45, 7) is 4.57. The van der Waals surface area contributed by atoms with E-state index >= 15 is 0 Å². The van der Waals surface area contributed by atoms with Crippen LogP contribution in [0.3, 0.4) is 0 Å². The van der Waals surface area contributed by atoms with Gasteiger partial charge in [0.15, 0.2) is 5.82 Å². The highest BCUT2D eigenvalue weighted by Crippen LogP contribution is 2.21. The second kappa shape index (κ2) is 5.23. The summed E-state index contributed by atoms with van der Waals surface area (Å²) in [5.41, 5.74) is 5.54. The number of methoxy groups -OCH3 is 1. The van der Waals surface area contributed by atoms with Gasteiger partial charge in [-0.1, -0.05) is 18.5 Å². The largest absolute Gasteiger partial charge is 0.384 e. The lowest BCUT2D eigenvalue weighted by Gasteiger charge is -2.18. The van der Waals surface area contributed by atoms with Crippen molar-refractivity contribution in [1.29, 1.82) is 0 Å². The van der Waals surface area contributed by atoms with Gasteiger partial charge in [-0.2, -0.15) is 4.98 Å². The number of rotatable bonds is 6. The van der Waals surface area contributed by atoms with Gasteiger partial charge in [-0.25, -0.2) is 0 Å². The number of nitrogens with two attached hydrogens (primary N) is 1. The minimum Gasteiger partial charge on any atom is -0.384 e. The van der Waals surface area contributed by atoms with E-state index in [0.717, 1.165) is 12.8 Å². The Morgan fingerprint density at radius 1 is 1.53 bits per heavy atom. The van der Waals surface area contributed by atoms with Crippen molar-refractivity contribution in [2.75, 3.05) is 13.7 Å². The van der Waals surface area contributed by atoms with Crippen LogP contribution in [-0.2, 0) is 16.7 Å². The highest BCUT2D eigenvalue weighted by Gasteiger charge is 2.27. The molecule has 0 bridgehead atoms. The predicted octanol–water partition coefficient (Wildman–Crippen LogP) is 1.23. The second-order valence-electron chi connectivity index (χ2n) is 3.93. The minimum atomic E-state index is -0.521. The zero-order valence-corrected chi connectivity index (χ0v) is 9.62. The van der Waals surface area contributed by atoms with Crippen LogP contribution in [0.25, 0.3) is 0 Å². The summed E-state index contributed by atoms with van der Waals surface area (Å²) in [6, 6.07) is 0. The molecule has 1 rings (SSSR count). The molecule has 1 unspecified atom stereocenters. The van der Waals surface area contributed by atoms with Gasteiger partial charge in [0.25, 0.3) is 0 Å². The Bertz CT molecular complexity index is 297. The molecular weight excluding hydrogens is 194 g/mol. The molecule has 1 atom stereocenters. The Morgan fingerprint density at radius 3 is 2.87 bits per heavy atom. The van der Waals surface area contributed by atoms with Crippen molar-refractivity contribution in [2.45, 2.75) is 38.6 Å². The van der Waals surface area contributed by atoms with Gasteiger partial charge in [-0.05, 0) is 13.3 Å². The van der Waals surface area contributed by atoms with Crippen LogP contribution in [0.15, 0.2) is 4.52 Å². The molecule has 0 radical (unpaired) electrons. The molecule has 0 aliphatic carbocycles. The van der Waals surface area contributed by atoms with Gasteiger partial charge in [-0.3, -0.25) is 0 Å². The zero-order valence-electron chi connectivity index (χ0n) is 9.62. The lowest BCUT2D eigenvalue weighted by molar-refractivity contribution is 0.199. The average molecular weight is 213 g/mol. The van der Waals surface area contributed by atoms with Gasteiger partial charge in [0.05, 0.1) is 12.1 Å². The average Bonchev–Trinajstić information content (AvgIpc) is 2.63. The monoisotopic (exact) mass is 213 g/mol. The first-order valence-electron chi connectivity index (χ1n) is 5.21. The standard InChI is InChI=1S/C10H19N3O2/c1-4-6-10(2,11)9-12-8(13-15-9)5-7-14-3/h4-7,11H2,1-3H3. The molecule has 1 aromatic heterocycles. The maximum atomic E-state index is 6.06. The Hall–Kier alpha value is -0.940. The van der Waals surface area contributed by atoms with Crippen molar-refractivity contribution in [3.63, 3.8) is 0 Å². The van der Waals surface area contributed by atoms with Crippen LogP contribution in [-0.4, -0.2) is 23.9 Å². The molecule has 2 N–H and O–H groups in total. The fraction of sp³-hybridized carbons (Fsp3) is 0.800. The summed E-state index contributed by atoms with van der Waals surface area (Å²) < 4.78 is 10.1. The summed E-state index contributed by atoms with van der Waals surface area (Å²) in [5, 5.41) is 3.86. The Balaban J connectivity index is 2.66. The van der Waals surface area contributed by atoms with Gasteiger partial charge < -0.3 is 15.0 Å². The van der Waals surface area contributed by atoms with Gasteiger partial charge in [0, 0.05) is 13.5 Å². The van der Waals surface area contributed by atoms with Crippen LogP contribution in [0.5, 0.6) is 0 Å². The first-order chi connectivity index (χ1) is 7.10. The van der Waals surface area contributed by atoms with Crippen molar-refractivity contribution in [2.24, 2.45) is 5.73 Å². The van der Waals surface area contributed by atoms with E-state index in [1.165, 1.54) is 0 Å². The van der Waals surface area contributed by atoms with Crippen LogP contribution in [0, 0.1) is 0 Å². The number of aromatic nitrogens is 2. The van der Waals surface area contributed by atoms with E-state index in [0.29, 0.717) is 24.7 Å². The lowest BCUT2D eigenvalue weighted by Crippen LogP contribution is -2.33. The second-order valence-corrected chi connectivity index (χ2v) is 3.93. The van der Waals surface area contributed by atoms with Crippen LogP contribution in [0.4, 0.5) is 0 Å². The van der Waals surface area contributed by atoms with Gasteiger partial charge in [0.1, 0.15) is 0 Å². The molecule has 15 heavy (non-hydrogen) atoms. The SMILES string of the molecule is CCCC(C)(N)c1nc(CCOC)no1. The molecule has 0 aromatic carbocycles. The van der Waals surface area contributed by atoms with Crippen molar-refractivity contribution in [1.82, 2.24) is 10.1 Å². The van der Waals surface area contributed by atoms with E-state index in [4.69, 9.17) is 15.0 Å². The van der Waals surface area contributed by atoms with Gasteiger partial charge >= 0.3 is 0 Å². The normalized spacial score (nSPS) is 15.2. The highest BCUT2D eigenvalue weighted by atomic mass is 16.5. The smallest absolute Gasteiger partial charge is 0.246 e. The van der Waals surface area contributed by atoms with E-state index in [1.807, 2.05) is 6.92 Å². The zero-order chi connectivity index (χ0) is 11.3. The highest BCUT2D eigenvalue weighted by molar-refractivity contribution is 4.99. The first kappa shape index (κ1) is 12.1. The molecule has 0 aliphatic rings. The quantitative estimate of drug-likeness (QED) is 0.769. The van der Waals surface area contributed by atoms with E-state index in [1.54, 1.807) is 7.11 Å². The fourth-order valence-electron chi connectivity index (χ4n) is 1.41.